The molecule has 1 N–H and O–H groups in total. The summed E-state index contributed by atoms with van der Waals surface area (Å²) in [5.41, 5.74) is 0.228. The average Bonchev–Trinajstić information content (AvgIpc) is 2.47. The quantitative estimate of drug-likeness (QED) is 0.807. The fraction of sp³-hybridized carbons (Fsp3) is 0.438. The number of allylic oxidation sites excluding steroid dienone is 1. The van der Waals surface area contributed by atoms with Gasteiger partial charge in [-0.3, -0.25) is 4.79 Å². The van der Waals surface area contributed by atoms with Crippen molar-refractivity contribution in [3.8, 4) is 5.75 Å². The van der Waals surface area contributed by atoms with Crippen LogP contribution in [0.15, 0.2) is 36.9 Å². The fourth-order valence-corrected chi connectivity index (χ4v) is 2.26. The highest BCUT2D eigenvalue weighted by molar-refractivity contribution is 5.80. The van der Waals surface area contributed by atoms with E-state index in [2.05, 4.69) is 6.58 Å². The van der Waals surface area contributed by atoms with E-state index in [0.717, 1.165) is 5.56 Å². The van der Waals surface area contributed by atoms with Crippen LogP contribution in [-0.4, -0.2) is 43.7 Å². The Kier molecular flexibility index (Phi) is 5.34. The molecular weight excluding hydrogens is 254 g/mol. The van der Waals surface area contributed by atoms with Gasteiger partial charge in [0.25, 0.3) is 0 Å². The minimum Gasteiger partial charge on any atom is -0.497 e. The van der Waals surface area contributed by atoms with Crippen LogP contribution in [0.1, 0.15) is 12.5 Å². The van der Waals surface area contributed by atoms with Gasteiger partial charge in [0.1, 0.15) is 5.75 Å². The second-order valence-corrected chi connectivity index (χ2v) is 5.19. The Balaban J connectivity index is 3.30. The Labute approximate surface area is 120 Å². The highest BCUT2D eigenvalue weighted by atomic mass is 16.5. The first-order valence-corrected chi connectivity index (χ1v) is 6.50. The Morgan fingerprint density at radius 1 is 1.55 bits per heavy atom. The molecule has 0 bridgehead atoms. The van der Waals surface area contributed by atoms with Crippen LogP contribution in [0.3, 0.4) is 0 Å². The van der Waals surface area contributed by atoms with E-state index in [9.17, 15) is 9.90 Å². The molecule has 0 saturated carbocycles. The van der Waals surface area contributed by atoms with Gasteiger partial charge in [-0.15, -0.1) is 6.58 Å². The number of aliphatic hydroxyl groups is 1. The zero-order valence-corrected chi connectivity index (χ0v) is 12.6. The van der Waals surface area contributed by atoms with Crippen molar-refractivity contribution in [2.45, 2.75) is 12.3 Å². The van der Waals surface area contributed by atoms with E-state index >= 15 is 0 Å². The van der Waals surface area contributed by atoms with Gasteiger partial charge in [0.2, 0.25) is 5.91 Å². The standard InChI is InChI=1S/C16H23NO3/c1-6-16(2,14(11-18)15(19)17(3)4)12-8-7-9-13(10-12)20-5/h6-10,14,18H,1,11H2,2-5H3/t14-,16-/m0/s1. The molecule has 2 atom stereocenters. The highest BCUT2D eigenvalue weighted by Gasteiger charge is 2.38. The van der Waals surface area contributed by atoms with E-state index in [0.29, 0.717) is 5.75 Å². The molecule has 20 heavy (non-hydrogen) atoms. The van der Waals surface area contributed by atoms with E-state index in [-0.39, 0.29) is 12.5 Å². The van der Waals surface area contributed by atoms with Crippen molar-refractivity contribution in [3.05, 3.63) is 42.5 Å². The average molecular weight is 277 g/mol. The Bertz CT molecular complexity index is 484. The minimum atomic E-state index is -0.662. The summed E-state index contributed by atoms with van der Waals surface area (Å²) in [4.78, 5) is 13.8. The van der Waals surface area contributed by atoms with Crippen LogP contribution in [0.2, 0.25) is 0 Å². The van der Waals surface area contributed by atoms with Gasteiger partial charge in [-0.05, 0) is 17.7 Å². The molecule has 1 amide bonds. The predicted molar refractivity (Wildman–Crippen MR) is 79.8 cm³/mol. The third kappa shape index (κ3) is 3.02. The van der Waals surface area contributed by atoms with E-state index in [4.69, 9.17) is 4.74 Å². The molecule has 1 aromatic carbocycles. The van der Waals surface area contributed by atoms with Gasteiger partial charge >= 0.3 is 0 Å². The van der Waals surface area contributed by atoms with Crippen LogP contribution in [-0.2, 0) is 10.2 Å². The number of hydrogen-bond donors (Lipinski definition) is 1. The Morgan fingerprint density at radius 3 is 2.65 bits per heavy atom. The molecule has 4 nitrogen and oxygen atoms in total. The lowest BCUT2D eigenvalue weighted by atomic mass is 9.71. The number of amides is 1. The Hall–Kier alpha value is -1.81. The molecular formula is C16H23NO3. The summed E-state index contributed by atoms with van der Waals surface area (Å²) < 4.78 is 5.22. The van der Waals surface area contributed by atoms with Crippen LogP contribution < -0.4 is 4.74 Å². The second kappa shape index (κ2) is 6.57. The third-order valence-electron chi connectivity index (χ3n) is 3.76. The Morgan fingerprint density at radius 2 is 2.20 bits per heavy atom. The van der Waals surface area contributed by atoms with E-state index in [1.165, 1.54) is 4.90 Å². The highest BCUT2D eigenvalue weighted by Crippen LogP contribution is 2.35. The second-order valence-electron chi connectivity index (χ2n) is 5.19. The molecule has 0 aliphatic heterocycles. The van der Waals surface area contributed by atoms with Crippen molar-refractivity contribution in [2.24, 2.45) is 5.92 Å². The van der Waals surface area contributed by atoms with Crippen molar-refractivity contribution in [2.75, 3.05) is 27.8 Å². The van der Waals surface area contributed by atoms with Gasteiger partial charge < -0.3 is 14.7 Å². The maximum Gasteiger partial charge on any atom is 0.228 e. The summed E-state index contributed by atoms with van der Waals surface area (Å²) in [6.45, 7) is 5.51. The van der Waals surface area contributed by atoms with Gasteiger partial charge in [-0.1, -0.05) is 25.1 Å². The van der Waals surface area contributed by atoms with Crippen LogP contribution in [0.25, 0.3) is 0 Å². The maximum absolute atomic E-state index is 12.3. The molecule has 0 fully saturated rings. The molecule has 0 aliphatic carbocycles. The molecule has 0 heterocycles. The van der Waals surface area contributed by atoms with Crippen molar-refractivity contribution < 1.29 is 14.6 Å². The lowest BCUT2D eigenvalue weighted by molar-refractivity contribution is -0.136. The molecule has 0 unspecified atom stereocenters. The molecule has 0 aromatic heterocycles. The summed E-state index contributed by atoms with van der Waals surface area (Å²) >= 11 is 0. The summed E-state index contributed by atoms with van der Waals surface area (Å²) in [5.74, 6) is 0.00407. The number of hydrogen-bond acceptors (Lipinski definition) is 3. The number of carbonyl (C=O) groups is 1. The number of ether oxygens (including phenoxy) is 1. The van der Waals surface area contributed by atoms with Gasteiger partial charge in [0.15, 0.2) is 0 Å². The fourth-order valence-electron chi connectivity index (χ4n) is 2.26. The summed E-state index contributed by atoms with van der Waals surface area (Å²) in [6.07, 6.45) is 1.71. The normalized spacial score (nSPS) is 15.1. The smallest absolute Gasteiger partial charge is 0.228 e. The zero-order chi connectivity index (χ0) is 15.3. The van der Waals surface area contributed by atoms with Crippen LogP contribution in [0.5, 0.6) is 5.75 Å². The molecule has 0 aliphatic rings. The monoisotopic (exact) mass is 277 g/mol. The zero-order valence-electron chi connectivity index (χ0n) is 12.6. The van der Waals surface area contributed by atoms with Crippen LogP contribution in [0.4, 0.5) is 0 Å². The number of nitrogens with zero attached hydrogens (tertiary/aromatic N) is 1. The van der Waals surface area contributed by atoms with Gasteiger partial charge in [0.05, 0.1) is 19.6 Å². The lowest BCUT2D eigenvalue weighted by Gasteiger charge is -2.35. The lowest BCUT2D eigenvalue weighted by Crippen LogP contribution is -2.43. The molecule has 1 aromatic rings. The number of benzene rings is 1. The number of methoxy groups -OCH3 is 1. The summed E-state index contributed by atoms with van der Waals surface area (Å²) in [5, 5.41) is 9.67. The van der Waals surface area contributed by atoms with Crippen molar-refractivity contribution in [3.63, 3.8) is 0 Å². The van der Waals surface area contributed by atoms with Crippen molar-refractivity contribution in [1.82, 2.24) is 4.90 Å². The third-order valence-corrected chi connectivity index (χ3v) is 3.76. The van der Waals surface area contributed by atoms with Gasteiger partial charge in [0, 0.05) is 19.5 Å². The van der Waals surface area contributed by atoms with Gasteiger partial charge in [-0.2, -0.15) is 0 Å². The SMILES string of the molecule is C=C[C@@](C)(c1cccc(OC)c1)[C@@H](CO)C(=O)N(C)C. The molecule has 0 spiro atoms. The van der Waals surface area contributed by atoms with Crippen molar-refractivity contribution >= 4 is 5.91 Å². The molecule has 0 saturated heterocycles. The summed E-state index contributed by atoms with van der Waals surface area (Å²) in [6, 6.07) is 7.49. The van der Waals surface area contributed by atoms with Crippen molar-refractivity contribution in [1.29, 1.82) is 0 Å². The molecule has 4 heteroatoms. The number of carbonyl (C=O) groups excluding carboxylic acids is 1. The first kappa shape index (κ1) is 16.2. The van der Waals surface area contributed by atoms with Crippen LogP contribution in [0, 0.1) is 5.92 Å². The molecule has 0 radical (unpaired) electrons. The largest absolute Gasteiger partial charge is 0.497 e. The maximum atomic E-state index is 12.3. The number of rotatable bonds is 6. The first-order valence-electron chi connectivity index (χ1n) is 6.50. The topological polar surface area (TPSA) is 49.8 Å². The van der Waals surface area contributed by atoms with Gasteiger partial charge in [-0.25, -0.2) is 0 Å². The molecule has 1 rings (SSSR count). The van der Waals surface area contributed by atoms with E-state index in [1.807, 2.05) is 31.2 Å². The molecule has 110 valence electrons. The summed E-state index contributed by atoms with van der Waals surface area (Å²) in [7, 11) is 4.96. The van der Waals surface area contributed by atoms with E-state index < -0.39 is 11.3 Å². The van der Waals surface area contributed by atoms with Crippen LogP contribution >= 0.6 is 0 Å². The predicted octanol–water partition coefficient (Wildman–Crippen LogP) is 1.84. The van der Waals surface area contributed by atoms with E-state index in [1.54, 1.807) is 27.3 Å². The number of aliphatic hydroxyl groups excluding tert-OH is 1. The minimum absolute atomic E-state index is 0.127. The first-order chi connectivity index (χ1) is 9.40.